The van der Waals surface area contributed by atoms with Crippen LogP contribution in [0.3, 0.4) is 0 Å². The number of anilines is 1. The molecule has 0 spiro atoms. The molecule has 5 aromatic rings. The summed E-state index contributed by atoms with van der Waals surface area (Å²) < 4.78 is 72.6. The smallest absolute Gasteiger partial charge is 0.310 e. The van der Waals surface area contributed by atoms with Crippen LogP contribution in [0.4, 0.5) is 25.1 Å². The van der Waals surface area contributed by atoms with Crippen LogP contribution >= 0.6 is 10.2 Å². The molecule has 0 amide bonds. The first-order valence-electron chi connectivity index (χ1n) is 11.5. The second kappa shape index (κ2) is 8.19. The molecule has 198 valence electrons. The molecule has 3 aromatic carbocycles. The number of para-hydroxylation sites is 1. The van der Waals surface area contributed by atoms with Crippen molar-refractivity contribution in [3.05, 3.63) is 101 Å². The van der Waals surface area contributed by atoms with Gasteiger partial charge >= 0.3 is 10.2 Å². The summed E-state index contributed by atoms with van der Waals surface area (Å²) in [7, 11) is -9.82. The van der Waals surface area contributed by atoms with Crippen molar-refractivity contribution < 1.29 is 23.8 Å². The van der Waals surface area contributed by atoms with E-state index in [9.17, 15) is 24.2 Å². The van der Waals surface area contributed by atoms with E-state index in [-0.39, 0.29) is 29.7 Å². The van der Waals surface area contributed by atoms with Gasteiger partial charge in [-0.05, 0) is 55.0 Å². The van der Waals surface area contributed by atoms with Crippen LogP contribution < -0.4 is 10.9 Å². The molecule has 38 heavy (non-hydrogen) atoms. The number of nitrogens with one attached hydrogen (secondary N) is 1. The molecular formula is C27H22F5N3O2S. The molecule has 2 aromatic heterocycles. The first kappa shape index (κ1) is 25.5. The van der Waals surface area contributed by atoms with Gasteiger partial charge in [0.15, 0.2) is 0 Å². The molecule has 0 fully saturated rings. The summed E-state index contributed by atoms with van der Waals surface area (Å²) in [6.07, 6.45) is 2.71. The van der Waals surface area contributed by atoms with Gasteiger partial charge in [-0.25, -0.2) is 4.98 Å². The van der Waals surface area contributed by atoms with Gasteiger partial charge in [-0.1, -0.05) is 49.8 Å². The van der Waals surface area contributed by atoms with Crippen molar-refractivity contribution in [2.24, 2.45) is 0 Å². The van der Waals surface area contributed by atoms with Crippen LogP contribution in [-0.4, -0.2) is 9.55 Å². The van der Waals surface area contributed by atoms with E-state index in [1.165, 1.54) is 16.8 Å². The minimum Gasteiger partial charge on any atom is -0.456 e. The van der Waals surface area contributed by atoms with E-state index < -0.39 is 20.7 Å². The average Bonchev–Trinajstić information content (AvgIpc) is 3.23. The maximum absolute atomic E-state index is 13.3. The van der Waals surface area contributed by atoms with E-state index >= 15 is 0 Å². The largest absolute Gasteiger partial charge is 0.456 e. The number of benzene rings is 3. The summed E-state index contributed by atoms with van der Waals surface area (Å²) in [6, 6.07) is 15.4. The van der Waals surface area contributed by atoms with Gasteiger partial charge in [0.1, 0.15) is 27.6 Å². The highest BCUT2D eigenvalue weighted by Gasteiger charge is 2.65. The first-order chi connectivity index (χ1) is 17.7. The Hall–Kier alpha value is -4.12. The normalized spacial score (nSPS) is 14.7. The molecule has 0 saturated heterocycles. The molecule has 2 heterocycles. The summed E-state index contributed by atoms with van der Waals surface area (Å²) >= 11 is 0. The molecule has 0 aliphatic carbocycles. The van der Waals surface area contributed by atoms with Gasteiger partial charge in [0.2, 0.25) is 0 Å². The highest BCUT2D eigenvalue weighted by Crippen LogP contribution is 3.02. The van der Waals surface area contributed by atoms with Crippen molar-refractivity contribution in [1.29, 1.82) is 0 Å². The van der Waals surface area contributed by atoms with Crippen molar-refractivity contribution in [3.63, 3.8) is 0 Å². The molecule has 0 saturated carbocycles. The van der Waals surface area contributed by atoms with Gasteiger partial charge in [0.25, 0.3) is 5.56 Å². The standard InChI is InChI=1S/C27H22F5N3O2S/c1-3-14-35-26(18-8-11-20(12-9-18)38(28,29,30,31)32)33-16-23(27(35)36)34-17(2)19-10-13-25-22(15-19)21-6-4-5-7-24(21)37-25/h3-13,15-17,34H,1,14H2,2H3. The Morgan fingerprint density at radius 1 is 1.00 bits per heavy atom. The van der Waals surface area contributed by atoms with Crippen LogP contribution in [0, 0.1) is 0 Å². The van der Waals surface area contributed by atoms with Crippen molar-refractivity contribution in [3.8, 4) is 11.4 Å². The number of fused-ring (bicyclic) bond motifs is 3. The second-order valence-corrected chi connectivity index (χ2v) is 11.3. The predicted octanol–water partition coefficient (Wildman–Crippen LogP) is 8.83. The molecule has 1 atom stereocenters. The summed E-state index contributed by atoms with van der Waals surface area (Å²) in [4.78, 5) is 15.5. The van der Waals surface area contributed by atoms with Crippen molar-refractivity contribution in [1.82, 2.24) is 9.55 Å². The van der Waals surface area contributed by atoms with Gasteiger partial charge in [-0.15, -0.1) is 6.58 Å². The molecule has 0 aliphatic heterocycles. The maximum Gasteiger partial charge on any atom is 0.310 e. The minimum atomic E-state index is -9.82. The number of hydrogen-bond acceptors (Lipinski definition) is 4. The van der Waals surface area contributed by atoms with E-state index in [1.54, 1.807) is 0 Å². The zero-order chi connectivity index (χ0) is 27.4. The van der Waals surface area contributed by atoms with E-state index in [0.717, 1.165) is 39.6 Å². The highest BCUT2D eigenvalue weighted by atomic mass is 32.5. The zero-order valence-electron chi connectivity index (χ0n) is 20.0. The Morgan fingerprint density at radius 3 is 2.37 bits per heavy atom. The number of allylic oxidation sites excluding steroid dienone is 1. The monoisotopic (exact) mass is 547 g/mol. The van der Waals surface area contributed by atoms with Crippen LogP contribution in [0.5, 0.6) is 0 Å². The third-order valence-corrected chi connectivity index (χ3v) is 7.35. The summed E-state index contributed by atoms with van der Waals surface area (Å²) in [5, 5.41) is 5.04. The van der Waals surface area contributed by atoms with E-state index in [0.29, 0.717) is 12.1 Å². The fourth-order valence-corrected chi connectivity index (χ4v) is 4.96. The van der Waals surface area contributed by atoms with Crippen molar-refractivity contribution >= 4 is 37.8 Å². The van der Waals surface area contributed by atoms with Gasteiger partial charge in [0.05, 0.1) is 6.20 Å². The number of rotatable bonds is 7. The zero-order valence-corrected chi connectivity index (χ0v) is 20.8. The summed E-state index contributed by atoms with van der Waals surface area (Å²) in [5.41, 5.74) is 2.12. The number of hydrogen-bond donors (Lipinski definition) is 1. The first-order valence-corrected chi connectivity index (χ1v) is 13.4. The third-order valence-electron chi connectivity index (χ3n) is 6.19. The summed E-state index contributed by atoms with van der Waals surface area (Å²) in [6.45, 7) is 5.49. The maximum atomic E-state index is 13.3. The van der Waals surface area contributed by atoms with Crippen LogP contribution in [0.25, 0.3) is 33.3 Å². The number of nitrogens with zero attached hydrogens (tertiary/aromatic N) is 2. The van der Waals surface area contributed by atoms with Gasteiger partial charge in [0, 0.05) is 28.9 Å². The molecule has 0 aliphatic rings. The summed E-state index contributed by atoms with van der Waals surface area (Å²) in [5.74, 6) is 0.0214. The number of halogens is 5. The highest BCUT2D eigenvalue weighted by molar-refractivity contribution is 8.45. The second-order valence-electron chi connectivity index (χ2n) is 8.91. The van der Waals surface area contributed by atoms with Gasteiger partial charge in [-0.2, -0.15) is 0 Å². The van der Waals surface area contributed by atoms with E-state index in [2.05, 4.69) is 16.9 Å². The average molecular weight is 548 g/mol. The Labute approximate surface area is 213 Å². The van der Waals surface area contributed by atoms with E-state index in [1.807, 2.05) is 49.4 Å². The number of furan rings is 1. The quantitative estimate of drug-likeness (QED) is 0.163. The fraction of sp³-hybridized carbons (Fsp3) is 0.111. The SMILES string of the molecule is C=CCn1c(-c2ccc(S(F)(F)(F)(F)F)cc2)ncc(NC(C)c2ccc3oc4ccccc4c3c2)c1=O. The molecule has 5 rings (SSSR count). The Kier molecular flexibility index (Phi) is 5.50. The molecular weight excluding hydrogens is 525 g/mol. The lowest BCUT2D eigenvalue weighted by molar-refractivity contribution is 0.364. The van der Waals surface area contributed by atoms with Crippen LogP contribution in [0.1, 0.15) is 18.5 Å². The molecule has 1 unspecified atom stereocenters. The third kappa shape index (κ3) is 4.76. The molecule has 5 nitrogen and oxygen atoms in total. The lowest BCUT2D eigenvalue weighted by Gasteiger charge is -2.40. The fourth-order valence-electron chi connectivity index (χ4n) is 4.31. The van der Waals surface area contributed by atoms with Crippen molar-refractivity contribution in [2.75, 3.05) is 5.32 Å². The van der Waals surface area contributed by atoms with Gasteiger partial charge in [-0.3, -0.25) is 9.36 Å². The molecule has 0 bridgehead atoms. The van der Waals surface area contributed by atoms with Crippen LogP contribution in [0.15, 0.2) is 99.7 Å². The lowest BCUT2D eigenvalue weighted by atomic mass is 10.0. The Bertz CT molecular complexity index is 1760. The Morgan fingerprint density at radius 2 is 1.68 bits per heavy atom. The lowest BCUT2D eigenvalue weighted by Crippen LogP contribution is -2.26. The molecule has 0 radical (unpaired) electrons. The van der Waals surface area contributed by atoms with Crippen LogP contribution in [-0.2, 0) is 6.54 Å². The predicted molar refractivity (Wildman–Crippen MR) is 141 cm³/mol. The topological polar surface area (TPSA) is 60.1 Å². The van der Waals surface area contributed by atoms with Gasteiger partial charge < -0.3 is 9.73 Å². The molecule has 1 N–H and O–H groups in total. The Balaban J connectivity index is 1.48. The van der Waals surface area contributed by atoms with E-state index in [4.69, 9.17) is 4.42 Å². The minimum absolute atomic E-state index is 0.00133. The molecule has 11 heteroatoms. The van der Waals surface area contributed by atoms with Crippen molar-refractivity contribution in [2.45, 2.75) is 24.4 Å². The number of aromatic nitrogens is 2. The van der Waals surface area contributed by atoms with Crippen LogP contribution in [0.2, 0.25) is 0 Å².